The number of nitrogens with two attached hydrogens (primary N) is 1. The van der Waals surface area contributed by atoms with E-state index < -0.39 is 0 Å². The number of carbonyl (C=O) groups excluding carboxylic acids is 1. The number of ether oxygens (including phenoxy) is 1. The van der Waals surface area contributed by atoms with Crippen molar-refractivity contribution >= 4 is 23.4 Å². The number of hydrogen-bond donors (Lipinski definition) is 2. The zero-order valence-corrected chi connectivity index (χ0v) is 12.7. The second-order valence-corrected chi connectivity index (χ2v) is 5.47. The first kappa shape index (κ1) is 15.3. The first-order chi connectivity index (χ1) is 10.2. The highest BCUT2D eigenvalue weighted by molar-refractivity contribution is 8.00. The minimum Gasteiger partial charge on any atom is -0.497 e. The van der Waals surface area contributed by atoms with Gasteiger partial charge in [-0.15, -0.1) is 11.8 Å². The summed E-state index contributed by atoms with van der Waals surface area (Å²) in [6, 6.07) is 15.2. The van der Waals surface area contributed by atoms with Crippen molar-refractivity contribution in [2.45, 2.75) is 11.4 Å². The predicted octanol–water partition coefficient (Wildman–Crippen LogP) is 2.69. The third-order valence-corrected chi connectivity index (χ3v) is 3.99. The van der Waals surface area contributed by atoms with E-state index in [4.69, 9.17) is 10.5 Å². The normalized spacial score (nSPS) is 10.1. The van der Waals surface area contributed by atoms with Gasteiger partial charge in [0.05, 0.1) is 12.9 Å². The minimum absolute atomic E-state index is 0.0222. The highest BCUT2D eigenvalue weighted by Gasteiger charge is 2.05. The Balaban J connectivity index is 1.81. The van der Waals surface area contributed by atoms with E-state index in [9.17, 15) is 4.79 Å². The molecule has 2 rings (SSSR count). The molecule has 1 amide bonds. The van der Waals surface area contributed by atoms with Gasteiger partial charge in [-0.05, 0) is 29.8 Å². The molecule has 0 aliphatic carbocycles. The van der Waals surface area contributed by atoms with Crippen molar-refractivity contribution in [1.82, 2.24) is 5.32 Å². The molecule has 3 N–H and O–H groups in total. The van der Waals surface area contributed by atoms with Gasteiger partial charge in [0, 0.05) is 17.1 Å². The molecule has 4 nitrogen and oxygen atoms in total. The highest BCUT2D eigenvalue weighted by Crippen LogP contribution is 2.23. The number of rotatable bonds is 6. The molecule has 0 fully saturated rings. The summed E-state index contributed by atoms with van der Waals surface area (Å²) in [4.78, 5) is 12.8. The summed E-state index contributed by atoms with van der Waals surface area (Å²) in [5.74, 6) is 1.11. The van der Waals surface area contributed by atoms with E-state index in [1.165, 1.54) is 11.8 Å². The van der Waals surface area contributed by atoms with Gasteiger partial charge in [-0.3, -0.25) is 4.79 Å². The molecule has 110 valence electrons. The number of benzene rings is 2. The summed E-state index contributed by atoms with van der Waals surface area (Å²) < 4.78 is 5.15. The van der Waals surface area contributed by atoms with Crippen molar-refractivity contribution in [3.8, 4) is 5.75 Å². The molecule has 0 saturated carbocycles. The van der Waals surface area contributed by atoms with Crippen LogP contribution in [0.1, 0.15) is 5.56 Å². The second-order valence-electron chi connectivity index (χ2n) is 4.45. The summed E-state index contributed by atoms with van der Waals surface area (Å²) >= 11 is 1.44. The van der Waals surface area contributed by atoms with Crippen LogP contribution in [0.5, 0.6) is 5.75 Å². The molecule has 0 saturated heterocycles. The van der Waals surface area contributed by atoms with Crippen molar-refractivity contribution in [3.05, 3.63) is 54.1 Å². The van der Waals surface area contributed by atoms with Gasteiger partial charge in [-0.1, -0.05) is 24.3 Å². The van der Waals surface area contributed by atoms with Crippen LogP contribution in [0.15, 0.2) is 53.4 Å². The van der Waals surface area contributed by atoms with Crippen LogP contribution < -0.4 is 15.8 Å². The third-order valence-electron chi connectivity index (χ3n) is 2.90. The van der Waals surface area contributed by atoms with E-state index >= 15 is 0 Å². The van der Waals surface area contributed by atoms with Gasteiger partial charge in [-0.2, -0.15) is 0 Å². The molecule has 0 atom stereocenters. The number of hydrogen-bond acceptors (Lipinski definition) is 4. The fourth-order valence-corrected chi connectivity index (χ4v) is 2.59. The highest BCUT2D eigenvalue weighted by atomic mass is 32.2. The lowest BCUT2D eigenvalue weighted by Gasteiger charge is -2.08. The Morgan fingerprint density at radius 3 is 2.81 bits per heavy atom. The zero-order valence-electron chi connectivity index (χ0n) is 11.8. The summed E-state index contributed by atoms with van der Waals surface area (Å²) in [5.41, 5.74) is 7.54. The number of thioether (sulfide) groups is 1. The first-order valence-electron chi connectivity index (χ1n) is 6.56. The molecule has 0 unspecified atom stereocenters. The Hall–Kier alpha value is -2.14. The van der Waals surface area contributed by atoms with E-state index in [0.29, 0.717) is 18.0 Å². The van der Waals surface area contributed by atoms with E-state index in [-0.39, 0.29) is 5.91 Å². The van der Waals surface area contributed by atoms with Crippen LogP contribution >= 0.6 is 11.8 Å². The molecule has 21 heavy (non-hydrogen) atoms. The van der Waals surface area contributed by atoms with Crippen molar-refractivity contribution in [2.24, 2.45) is 0 Å². The van der Waals surface area contributed by atoms with Gasteiger partial charge >= 0.3 is 0 Å². The van der Waals surface area contributed by atoms with Gasteiger partial charge < -0.3 is 15.8 Å². The maximum absolute atomic E-state index is 11.9. The Bertz CT molecular complexity index is 617. The maximum atomic E-state index is 11.9. The molecule has 2 aromatic carbocycles. The standard InChI is InChI=1S/C16H18N2O2S/c1-20-13-6-4-5-12(9-13)10-18-16(19)11-21-15-8-3-2-7-14(15)17/h2-9H,10-11,17H2,1H3,(H,18,19). The van der Waals surface area contributed by atoms with Crippen LogP contribution in [0.3, 0.4) is 0 Å². The molecular weight excluding hydrogens is 284 g/mol. The Morgan fingerprint density at radius 2 is 2.05 bits per heavy atom. The second kappa shape index (κ2) is 7.59. The Kier molecular flexibility index (Phi) is 5.51. The SMILES string of the molecule is COc1cccc(CNC(=O)CSc2ccccc2N)c1. The van der Waals surface area contributed by atoms with E-state index in [1.807, 2.05) is 48.5 Å². The van der Waals surface area contributed by atoms with Crippen LogP contribution in [-0.2, 0) is 11.3 Å². The van der Waals surface area contributed by atoms with Crippen LogP contribution in [-0.4, -0.2) is 18.8 Å². The lowest BCUT2D eigenvalue weighted by molar-refractivity contribution is -0.118. The largest absolute Gasteiger partial charge is 0.497 e. The molecule has 0 heterocycles. The number of nitrogen functional groups attached to an aromatic ring is 1. The number of carbonyl (C=O) groups is 1. The quantitative estimate of drug-likeness (QED) is 0.636. The van der Waals surface area contributed by atoms with Crippen molar-refractivity contribution in [1.29, 1.82) is 0 Å². The molecule has 0 aromatic heterocycles. The van der Waals surface area contributed by atoms with Gasteiger partial charge in [0.25, 0.3) is 0 Å². The lowest BCUT2D eigenvalue weighted by atomic mass is 10.2. The van der Waals surface area contributed by atoms with Crippen molar-refractivity contribution < 1.29 is 9.53 Å². The van der Waals surface area contributed by atoms with E-state index in [0.717, 1.165) is 16.2 Å². The maximum Gasteiger partial charge on any atom is 0.230 e. The first-order valence-corrected chi connectivity index (χ1v) is 7.54. The molecular formula is C16H18N2O2S. The number of amides is 1. The average molecular weight is 302 g/mol. The molecule has 5 heteroatoms. The van der Waals surface area contributed by atoms with Crippen molar-refractivity contribution in [3.63, 3.8) is 0 Å². The van der Waals surface area contributed by atoms with Crippen LogP contribution in [0.4, 0.5) is 5.69 Å². The van der Waals surface area contributed by atoms with Gasteiger partial charge in [0.2, 0.25) is 5.91 Å². The summed E-state index contributed by atoms with van der Waals surface area (Å²) in [7, 11) is 1.62. The van der Waals surface area contributed by atoms with Gasteiger partial charge in [-0.25, -0.2) is 0 Å². The van der Waals surface area contributed by atoms with Crippen molar-refractivity contribution in [2.75, 3.05) is 18.6 Å². The predicted molar refractivity (Wildman–Crippen MR) is 86.4 cm³/mol. The summed E-state index contributed by atoms with van der Waals surface area (Å²) in [5, 5.41) is 2.88. The monoisotopic (exact) mass is 302 g/mol. The van der Waals surface area contributed by atoms with E-state index in [2.05, 4.69) is 5.32 Å². The number of anilines is 1. The number of para-hydroxylation sites is 1. The smallest absolute Gasteiger partial charge is 0.230 e. The molecule has 0 aliphatic rings. The molecule has 0 aliphatic heterocycles. The molecule has 0 spiro atoms. The fraction of sp³-hybridized carbons (Fsp3) is 0.188. The van der Waals surface area contributed by atoms with Crippen LogP contribution in [0.2, 0.25) is 0 Å². The molecule has 0 radical (unpaired) electrons. The zero-order chi connectivity index (χ0) is 15.1. The summed E-state index contributed by atoms with van der Waals surface area (Å²) in [6.45, 7) is 0.487. The van der Waals surface area contributed by atoms with Crippen LogP contribution in [0, 0.1) is 0 Å². The van der Waals surface area contributed by atoms with E-state index in [1.54, 1.807) is 7.11 Å². The number of methoxy groups -OCH3 is 1. The fourth-order valence-electron chi connectivity index (χ4n) is 1.79. The Labute approximate surface area is 128 Å². The molecule has 0 bridgehead atoms. The summed E-state index contributed by atoms with van der Waals surface area (Å²) in [6.07, 6.45) is 0. The topological polar surface area (TPSA) is 64.3 Å². The van der Waals surface area contributed by atoms with Gasteiger partial charge in [0.15, 0.2) is 0 Å². The minimum atomic E-state index is -0.0222. The average Bonchev–Trinajstić information content (AvgIpc) is 2.52. The number of nitrogens with one attached hydrogen (secondary N) is 1. The van der Waals surface area contributed by atoms with Gasteiger partial charge in [0.1, 0.15) is 5.75 Å². The lowest BCUT2D eigenvalue weighted by Crippen LogP contribution is -2.24. The van der Waals surface area contributed by atoms with Crippen LogP contribution in [0.25, 0.3) is 0 Å². The third kappa shape index (κ3) is 4.72. The molecule has 2 aromatic rings. The Morgan fingerprint density at radius 1 is 1.24 bits per heavy atom.